The molecule has 0 aliphatic rings. The Morgan fingerprint density at radius 3 is 2.80 bits per heavy atom. The molecule has 6 heteroatoms. The number of ether oxygens (including phenoxy) is 1. The minimum atomic E-state index is -1.20. The average molecular weight is 214 g/mol. The minimum Gasteiger partial charge on any atom is -0.469 e. The van der Waals surface area contributed by atoms with Crippen molar-refractivity contribution in [2.24, 2.45) is 7.05 Å². The van der Waals surface area contributed by atoms with E-state index in [1.807, 2.05) is 0 Å². The normalized spacial score (nSPS) is 14.7. The van der Waals surface area contributed by atoms with Crippen molar-refractivity contribution < 1.29 is 19.7 Å². The number of imidazole rings is 1. The summed E-state index contributed by atoms with van der Waals surface area (Å²) in [7, 11) is 2.97. The molecule has 1 aromatic heterocycles. The van der Waals surface area contributed by atoms with Gasteiger partial charge in [-0.2, -0.15) is 0 Å². The number of aryl methyl sites for hydroxylation is 1. The Balaban J connectivity index is 2.60. The van der Waals surface area contributed by atoms with Gasteiger partial charge in [0.1, 0.15) is 6.10 Å². The van der Waals surface area contributed by atoms with Crippen molar-refractivity contribution in [2.45, 2.75) is 18.6 Å². The van der Waals surface area contributed by atoms with Crippen molar-refractivity contribution in [3.63, 3.8) is 0 Å². The SMILES string of the molecule is COC(=O)CC(O)C(O)c1cn(C)cn1. The van der Waals surface area contributed by atoms with E-state index in [0.29, 0.717) is 5.69 Å². The van der Waals surface area contributed by atoms with E-state index in [1.54, 1.807) is 17.8 Å². The average Bonchev–Trinajstić information content (AvgIpc) is 2.63. The van der Waals surface area contributed by atoms with Crippen molar-refractivity contribution in [1.82, 2.24) is 9.55 Å². The molecule has 0 saturated carbocycles. The predicted molar refractivity (Wildman–Crippen MR) is 50.8 cm³/mol. The second kappa shape index (κ2) is 4.90. The summed E-state index contributed by atoms with van der Waals surface area (Å²) in [5.41, 5.74) is 0.328. The lowest BCUT2D eigenvalue weighted by molar-refractivity contribution is -0.144. The summed E-state index contributed by atoms with van der Waals surface area (Å²) in [5.74, 6) is -0.572. The Morgan fingerprint density at radius 2 is 2.33 bits per heavy atom. The first-order valence-electron chi connectivity index (χ1n) is 4.45. The topological polar surface area (TPSA) is 84.6 Å². The van der Waals surface area contributed by atoms with Gasteiger partial charge in [-0.1, -0.05) is 0 Å². The van der Waals surface area contributed by atoms with Crippen molar-refractivity contribution in [3.8, 4) is 0 Å². The van der Waals surface area contributed by atoms with Gasteiger partial charge in [-0.3, -0.25) is 4.79 Å². The van der Waals surface area contributed by atoms with Gasteiger partial charge in [-0.25, -0.2) is 4.98 Å². The molecule has 0 saturated heterocycles. The first kappa shape index (κ1) is 11.7. The van der Waals surface area contributed by atoms with Crippen LogP contribution >= 0.6 is 0 Å². The Morgan fingerprint density at radius 1 is 1.67 bits per heavy atom. The maximum atomic E-state index is 10.8. The minimum absolute atomic E-state index is 0.256. The smallest absolute Gasteiger partial charge is 0.308 e. The summed E-state index contributed by atoms with van der Waals surface area (Å²) >= 11 is 0. The third kappa shape index (κ3) is 3.03. The number of aromatic nitrogens is 2. The second-order valence-corrected chi connectivity index (χ2v) is 3.26. The van der Waals surface area contributed by atoms with Gasteiger partial charge in [0.05, 0.1) is 31.7 Å². The van der Waals surface area contributed by atoms with E-state index >= 15 is 0 Å². The van der Waals surface area contributed by atoms with Crippen molar-refractivity contribution in [2.75, 3.05) is 7.11 Å². The molecule has 84 valence electrons. The fraction of sp³-hybridized carbons (Fsp3) is 0.556. The first-order valence-corrected chi connectivity index (χ1v) is 4.45. The number of rotatable bonds is 4. The summed E-state index contributed by atoms with van der Waals surface area (Å²) in [6, 6.07) is 0. The molecule has 0 amide bonds. The van der Waals surface area contributed by atoms with Crippen LogP contribution < -0.4 is 0 Å². The van der Waals surface area contributed by atoms with Crippen LogP contribution in [0.2, 0.25) is 0 Å². The number of hydrogen-bond donors (Lipinski definition) is 2. The number of carbonyl (C=O) groups excluding carboxylic acids is 1. The molecule has 0 bridgehead atoms. The molecule has 2 atom stereocenters. The quantitative estimate of drug-likeness (QED) is 0.652. The zero-order valence-electron chi connectivity index (χ0n) is 8.62. The fourth-order valence-corrected chi connectivity index (χ4v) is 1.15. The lowest BCUT2D eigenvalue weighted by Gasteiger charge is -2.14. The third-order valence-electron chi connectivity index (χ3n) is 2.00. The van der Waals surface area contributed by atoms with Crippen LogP contribution in [0.3, 0.4) is 0 Å². The number of hydrogen-bond acceptors (Lipinski definition) is 5. The van der Waals surface area contributed by atoms with Crippen molar-refractivity contribution in [3.05, 3.63) is 18.2 Å². The van der Waals surface area contributed by atoms with Crippen molar-refractivity contribution >= 4 is 5.97 Å². The van der Waals surface area contributed by atoms with Crippen LogP contribution in [0.4, 0.5) is 0 Å². The monoisotopic (exact) mass is 214 g/mol. The van der Waals surface area contributed by atoms with E-state index in [4.69, 9.17) is 0 Å². The highest BCUT2D eigenvalue weighted by molar-refractivity contribution is 5.69. The number of carbonyl (C=O) groups is 1. The summed E-state index contributed by atoms with van der Waals surface area (Å²) in [4.78, 5) is 14.7. The van der Waals surface area contributed by atoms with E-state index in [9.17, 15) is 15.0 Å². The summed E-state index contributed by atoms with van der Waals surface area (Å²) < 4.78 is 6.02. The first-order chi connectivity index (χ1) is 7.04. The van der Waals surface area contributed by atoms with Crippen LogP contribution in [0.15, 0.2) is 12.5 Å². The highest BCUT2D eigenvalue weighted by Crippen LogP contribution is 2.16. The van der Waals surface area contributed by atoms with Gasteiger partial charge >= 0.3 is 5.97 Å². The molecule has 2 N–H and O–H groups in total. The van der Waals surface area contributed by atoms with Crippen LogP contribution in [-0.2, 0) is 16.6 Å². The number of aliphatic hydroxyl groups excluding tert-OH is 2. The Kier molecular flexibility index (Phi) is 3.81. The maximum Gasteiger partial charge on any atom is 0.308 e. The van der Waals surface area contributed by atoms with Crippen molar-refractivity contribution in [1.29, 1.82) is 0 Å². The fourth-order valence-electron chi connectivity index (χ4n) is 1.15. The van der Waals surface area contributed by atoms with Crippen LogP contribution in [0, 0.1) is 0 Å². The molecule has 0 aromatic carbocycles. The van der Waals surface area contributed by atoms with Gasteiger partial charge in [-0.15, -0.1) is 0 Å². The highest BCUT2D eigenvalue weighted by Gasteiger charge is 2.23. The molecule has 15 heavy (non-hydrogen) atoms. The van der Waals surface area contributed by atoms with Crippen LogP contribution in [-0.4, -0.2) is 38.9 Å². The number of nitrogens with zero attached hydrogens (tertiary/aromatic N) is 2. The van der Waals surface area contributed by atoms with E-state index in [-0.39, 0.29) is 6.42 Å². The van der Waals surface area contributed by atoms with Gasteiger partial charge in [0.2, 0.25) is 0 Å². The summed E-state index contributed by atoms with van der Waals surface area (Å²) in [6.07, 6.45) is 0.445. The largest absolute Gasteiger partial charge is 0.469 e. The standard InChI is InChI=1S/C9H14N2O4/c1-11-4-6(10-5-11)9(14)7(12)3-8(13)15-2/h4-5,7,9,12,14H,3H2,1-2H3. The molecular weight excluding hydrogens is 200 g/mol. The number of esters is 1. The van der Waals surface area contributed by atoms with Gasteiger partial charge in [0.15, 0.2) is 0 Å². The molecule has 2 unspecified atom stereocenters. The van der Waals surface area contributed by atoms with Crippen LogP contribution in [0.5, 0.6) is 0 Å². The zero-order valence-corrected chi connectivity index (χ0v) is 8.62. The zero-order chi connectivity index (χ0) is 11.4. The Labute approximate surface area is 87.1 Å². The van der Waals surface area contributed by atoms with Crippen LogP contribution in [0.1, 0.15) is 18.2 Å². The predicted octanol–water partition coefficient (Wildman–Crippen LogP) is -0.623. The molecule has 6 nitrogen and oxygen atoms in total. The number of methoxy groups -OCH3 is 1. The molecule has 1 aromatic rings. The summed E-state index contributed by atoms with van der Waals surface area (Å²) in [5, 5.41) is 19.1. The molecular formula is C9H14N2O4. The van der Waals surface area contributed by atoms with E-state index in [0.717, 1.165) is 0 Å². The second-order valence-electron chi connectivity index (χ2n) is 3.26. The van der Waals surface area contributed by atoms with Gasteiger partial charge in [0.25, 0.3) is 0 Å². The van der Waals surface area contributed by atoms with E-state index < -0.39 is 18.2 Å². The van der Waals surface area contributed by atoms with Crippen LogP contribution in [0.25, 0.3) is 0 Å². The Hall–Kier alpha value is -1.40. The molecule has 0 spiro atoms. The maximum absolute atomic E-state index is 10.8. The molecule has 0 aliphatic heterocycles. The summed E-state index contributed by atoms with van der Waals surface area (Å²) in [6.45, 7) is 0. The molecule has 0 radical (unpaired) electrons. The molecule has 1 rings (SSSR count). The number of aliphatic hydroxyl groups is 2. The van der Waals surface area contributed by atoms with Gasteiger partial charge in [-0.05, 0) is 0 Å². The van der Waals surface area contributed by atoms with Gasteiger partial charge < -0.3 is 19.5 Å². The lowest BCUT2D eigenvalue weighted by atomic mass is 10.1. The lowest BCUT2D eigenvalue weighted by Crippen LogP contribution is -2.22. The highest BCUT2D eigenvalue weighted by atomic mass is 16.5. The van der Waals surface area contributed by atoms with E-state index in [1.165, 1.54) is 13.4 Å². The molecule has 1 heterocycles. The Bertz CT molecular complexity index is 337. The van der Waals surface area contributed by atoms with Gasteiger partial charge in [0, 0.05) is 13.2 Å². The van der Waals surface area contributed by atoms with E-state index in [2.05, 4.69) is 9.72 Å². The molecule has 0 fully saturated rings. The third-order valence-corrected chi connectivity index (χ3v) is 2.00. The molecule has 0 aliphatic carbocycles.